The lowest BCUT2D eigenvalue weighted by Crippen LogP contribution is -2.32. The number of halogens is 5. The summed E-state index contributed by atoms with van der Waals surface area (Å²) < 4.78 is 82.9. The van der Waals surface area contributed by atoms with Gasteiger partial charge in [-0.3, -0.25) is 4.98 Å². The average molecular weight is 505 g/mol. The van der Waals surface area contributed by atoms with Gasteiger partial charge < -0.3 is 9.88 Å². The Hall–Kier alpha value is -2.77. The van der Waals surface area contributed by atoms with Crippen molar-refractivity contribution in [2.24, 2.45) is 7.05 Å². The second kappa shape index (κ2) is 8.54. The van der Waals surface area contributed by atoms with Crippen LogP contribution in [-0.2, 0) is 23.2 Å². The van der Waals surface area contributed by atoms with E-state index in [1.54, 1.807) is 7.05 Å². The van der Waals surface area contributed by atoms with Crippen molar-refractivity contribution >= 4 is 27.4 Å². The van der Waals surface area contributed by atoms with Crippen molar-refractivity contribution < 1.29 is 26.0 Å². The fourth-order valence-electron chi connectivity index (χ4n) is 3.64. The molecule has 0 aliphatic carbocycles. The van der Waals surface area contributed by atoms with E-state index in [0.717, 1.165) is 16.6 Å². The zero-order chi connectivity index (χ0) is 24.0. The topological polar surface area (TPSA) is 93.0 Å². The molecule has 0 bridgehead atoms. The Morgan fingerprint density at radius 3 is 2.61 bits per heavy atom. The van der Waals surface area contributed by atoms with Crippen LogP contribution in [0, 0.1) is 5.82 Å². The largest absolute Gasteiger partial charge is 0.418 e. The van der Waals surface area contributed by atoms with Gasteiger partial charge in [-0.15, -0.1) is 0 Å². The lowest BCUT2D eigenvalue weighted by molar-refractivity contribution is -0.137. The monoisotopic (exact) mass is 504 g/mol. The van der Waals surface area contributed by atoms with Gasteiger partial charge in [0.15, 0.2) is 5.03 Å². The van der Waals surface area contributed by atoms with Crippen LogP contribution in [0.3, 0.4) is 0 Å². The van der Waals surface area contributed by atoms with Gasteiger partial charge >= 0.3 is 6.18 Å². The minimum atomic E-state index is -4.72. The minimum absolute atomic E-state index is 0.0151. The third-order valence-electron chi connectivity index (χ3n) is 5.20. The molecule has 14 heteroatoms. The van der Waals surface area contributed by atoms with E-state index in [-0.39, 0.29) is 29.6 Å². The molecular formula is C19H17ClF4N6O2S. The van der Waals surface area contributed by atoms with E-state index in [0.29, 0.717) is 0 Å². The number of aryl methyl sites for hydroxylation is 1. The molecule has 0 aromatic carbocycles. The van der Waals surface area contributed by atoms with Crippen molar-refractivity contribution in [3.63, 3.8) is 0 Å². The van der Waals surface area contributed by atoms with E-state index in [1.165, 1.54) is 35.4 Å². The number of imidazole rings is 1. The molecule has 0 spiro atoms. The highest BCUT2D eigenvalue weighted by molar-refractivity contribution is 7.89. The van der Waals surface area contributed by atoms with Crippen molar-refractivity contribution in [3.8, 4) is 0 Å². The van der Waals surface area contributed by atoms with Gasteiger partial charge in [0, 0.05) is 44.6 Å². The normalized spacial score (nSPS) is 19.7. The Morgan fingerprint density at radius 2 is 1.97 bits per heavy atom. The van der Waals surface area contributed by atoms with Crippen LogP contribution in [-0.4, -0.2) is 51.4 Å². The first kappa shape index (κ1) is 23.4. The zero-order valence-corrected chi connectivity index (χ0v) is 18.5. The molecule has 0 saturated carbocycles. The number of hydrogen-bond acceptors (Lipinski definition) is 6. The van der Waals surface area contributed by atoms with Crippen molar-refractivity contribution in [1.82, 2.24) is 23.8 Å². The predicted molar refractivity (Wildman–Crippen MR) is 111 cm³/mol. The lowest BCUT2D eigenvalue weighted by atomic mass is 9.98. The molecule has 2 atom stereocenters. The standard InChI is InChI=1S/C19H17ClF4N6O2S/c1-29-9-17(27-10-29)33(31,32)30-7-11(18-14(21)3-2-4-25-18)15(8-30)28-16-5-12(19(22,23)24)13(20)6-26-16/h2-6,9-11,15H,7-8H2,1H3,(H,26,28)/t11-,15-/m0/s1. The van der Waals surface area contributed by atoms with Crippen LogP contribution >= 0.6 is 11.6 Å². The van der Waals surface area contributed by atoms with E-state index in [9.17, 15) is 26.0 Å². The maximum Gasteiger partial charge on any atom is 0.418 e. The molecule has 3 aromatic rings. The van der Waals surface area contributed by atoms with Gasteiger partial charge in [-0.1, -0.05) is 11.6 Å². The van der Waals surface area contributed by atoms with Crippen LogP contribution < -0.4 is 5.32 Å². The van der Waals surface area contributed by atoms with E-state index in [4.69, 9.17) is 11.6 Å². The van der Waals surface area contributed by atoms with Gasteiger partial charge in [0.25, 0.3) is 10.0 Å². The van der Waals surface area contributed by atoms with Crippen LogP contribution in [0.25, 0.3) is 0 Å². The molecule has 0 unspecified atom stereocenters. The van der Waals surface area contributed by atoms with Gasteiger partial charge in [-0.2, -0.15) is 17.5 Å². The Bertz CT molecular complexity index is 1280. The molecular weight excluding hydrogens is 488 g/mol. The molecule has 1 fully saturated rings. The maximum absolute atomic E-state index is 14.5. The first-order chi connectivity index (χ1) is 15.5. The molecule has 0 radical (unpaired) electrons. The van der Waals surface area contributed by atoms with Gasteiger partial charge in [0.2, 0.25) is 0 Å². The molecule has 176 valence electrons. The molecule has 4 rings (SSSR count). The summed E-state index contributed by atoms with van der Waals surface area (Å²) in [6.45, 7) is -0.338. The van der Waals surface area contributed by atoms with Gasteiger partial charge in [0.05, 0.1) is 28.6 Å². The third-order valence-corrected chi connectivity index (χ3v) is 7.22. The summed E-state index contributed by atoms with van der Waals surface area (Å²) in [6, 6.07) is 2.46. The first-order valence-electron chi connectivity index (χ1n) is 9.54. The molecule has 0 amide bonds. The summed E-state index contributed by atoms with van der Waals surface area (Å²) >= 11 is 5.63. The second-order valence-electron chi connectivity index (χ2n) is 7.47. The third kappa shape index (κ3) is 4.66. The average Bonchev–Trinajstić information content (AvgIpc) is 3.36. The summed E-state index contributed by atoms with van der Waals surface area (Å²) in [7, 11) is -2.44. The van der Waals surface area contributed by atoms with Crippen LogP contribution in [0.4, 0.5) is 23.4 Å². The molecule has 1 aliphatic heterocycles. The highest BCUT2D eigenvalue weighted by Crippen LogP contribution is 2.37. The Labute approximate surface area is 191 Å². The van der Waals surface area contributed by atoms with Gasteiger partial charge in [-0.05, 0) is 18.2 Å². The van der Waals surface area contributed by atoms with E-state index in [1.807, 2.05) is 0 Å². The number of rotatable bonds is 5. The predicted octanol–water partition coefficient (Wildman–Crippen LogP) is 3.29. The first-order valence-corrected chi connectivity index (χ1v) is 11.4. The van der Waals surface area contributed by atoms with Crippen LogP contribution in [0.1, 0.15) is 17.2 Å². The highest BCUT2D eigenvalue weighted by atomic mass is 35.5. The van der Waals surface area contributed by atoms with Crippen LogP contribution in [0.2, 0.25) is 5.02 Å². The number of hydrogen-bond donors (Lipinski definition) is 1. The minimum Gasteiger partial charge on any atom is -0.365 e. The van der Waals surface area contributed by atoms with Crippen molar-refractivity contribution in [3.05, 3.63) is 65.2 Å². The molecule has 1 saturated heterocycles. The summed E-state index contributed by atoms with van der Waals surface area (Å²) in [4.78, 5) is 11.8. The molecule has 33 heavy (non-hydrogen) atoms. The number of alkyl halides is 3. The summed E-state index contributed by atoms with van der Waals surface area (Å²) in [5, 5.41) is 2.03. The zero-order valence-electron chi connectivity index (χ0n) is 17.0. The smallest absolute Gasteiger partial charge is 0.365 e. The number of aromatic nitrogens is 4. The van der Waals surface area contributed by atoms with Crippen LogP contribution in [0.5, 0.6) is 0 Å². The number of nitrogens with zero attached hydrogens (tertiary/aromatic N) is 5. The Morgan fingerprint density at radius 1 is 1.21 bits per heavy atom. The fraction of sp³-hybridized carbons (Fsp3) is 0.316. The summed E-state index contributed by atoms with van der Waals surface area (Å²) in [5.74, 6) is -1.65. The van der Waals surface area contributed by atoms with Gasteiger partial charge in [0.1, 0.15) is 11.6 Å². The number of anilines is 1. The SMILES string of the molecule is Cn1cnc(S(=O)(=O)N2C[C@H](Nc3cc(C(F)(F)F)c(Cl)cn3)[C@@H](c3ncccc3F)C2)c1. The Balaban J connectivity index is 1.69. The molecule has 3 aromatic heterocycles. The van der Waals surface area contributed by atoms with Crippen molar-refractivity contribution in [2.75, 3.05) is 18.4 Å². The number of nitrogens with one attached hydrogen (secondary N) is 1. The second-order valence-corrected chi connectivity index (χ2v) is 9.77. The fourth-order valence-corrected chi connectivity index (χ4v) is 5.31. The molecule has 8 nitrogen and oxygen atoms in total. The van der Waals surface area contributed by atoms with E-state index in [2.05, 4.69) is 20.3 Å². The highest BCUT2D eigenvalue weighted by Gasteiger charge is 2.43. The van der Waals surface area contributed by atoms with Crippen molar-refractivity contribution in [1.29, 1.82) is 0 Å². The maximum atomic E-state index is 14.5. The summed E-state index contributed by atoms with van der Waals surface area (Å²) in [6.07, 6.45) is 0.134. The van der Waals surface area contributed by atoms with Crippen molar-refractivity contribution in [2.45, 2.75) is 23.2 Å². The quantitative estimate of drug-likeness (QED) is 0.536. The number of sulfonamides is 1. The molecule has 4 heterocycles. The molecule has 1 aliphatic rings. The van der Waals surface area contributed by atoms with E-state index < -0.39 is 44.6 Å². The number of pyridine rings is 2. The van der Waals surface area contributed by atoms with Gasteiger partial charge in [-0.25, -0.2) is 22.8 Å². The summed E-state index contributed by atoms with van der Waals surface area (Å²) in [5.41, 5.74) is -1.11. The van der Waals surface area contributed by atoms with Crippen LogP contribution in [0.15, 0.2) is 48.1 Å². The van der Waals surface area contributed by atoms with E-state index >= 15 is 0 Å². The lowest BCUT2D eigenvalue weighted by Gasteiger charge is -2.21. The Kier molecular flexibility index (Phi) is 6.05. The molecule has 1 N–H and O–H groups in total.